The fourth-order valence-corrected chi connectivity index (χ4v) is 2.38. The van der Waals surface area contributed by atoms with Gasteiger partial charge in [0.15, 0.2) is 0 Å². The Balaban J connectivity index is 2.98. The highest BCUT2D eigenvalue weighted by Gasteiger charge is 2.23. The lowest BCUT2D eigenvalue weighted by Crippen LogP contribution is -2.30. The molecule has 0 bridgehead atoms. The highest BCUT2D eigenvalue weighted by Crippen LogP contribution is 2.34. The van der Waals surface area contributed by atoms with E-state index >= 15 is 0 Å². The van der Waals surface area contributed by atoms with E-state index in [-0.39, 0.29) is 30.1 Å². The Hall–Kier alpha value is -2.29. The minimum Gasteiger partial charge on any atom is -0.495 e. The van der Waals surface area contributed by atoms with Crippen molar-refractivity contribution in [1.29, 1.82) is 0 Å². The van der Waals surface area contributed by atoms with Crippen LogP contribution in [-0.2, 0) is 4.79 Å². The van der Waals surface area contributed by atoms with Crippen molar-refractivity contribution in [2.75, 3.05) is 34.0 Å². The van der Waals surface area contributed by atoms with Crippen LogP contribution >= 0.6 is 11.8 Å². The molecule has 1 aromatic carbocycles. The molecule has 0 radical (unpaired) electrons. The molecule has 0 heterocycles. The normalized spacial score (nSPS) is 10.1. The number of carbonyl (C=O) groups excluding carboxylic acids is 2. The maximum absolute atomic E-state index is 12.2. The molecule has 0 fully saturated rings. The van der Waals surface area contributed by atoms with Crippen LogP contribution in [0.25, 0.3) is 0 Å². The van der Waals surface area contributed by atoms with Crippen LogP contribution in [0.3, 0.4) is 0 Å². The lowest BCUT2D eigenvalue weighted by Gasteiger charge is -2.12. The minimum atomic E-state index is -0.632. The van der Waals surface area contributed by atoms with Gasteiger partial charge in [-0.2, -0.15) is 0 Å². The van der Waals surface area contributed by atoms with Gasteiger partial charge in [-0.15, -0.1) is 11.8 Å². The molecule has 0 aliphatic heterocycles. The molecule has 0 unspecified atom stereocenters. The van der Waals surface area contributed by atoms with E-state index in [1.807, 2.05) is 0 Å². The Labute approximate surface area is 138 Å². The third-order valence-electron chi connectivity index (χ3n) is 3.07. The van der Waals surface area contributed by atoms with Crippen LogP contribution in [0.5, 0.6) is 5.75 Å². The van der Waals surface area contributed by atoms with Gasteiger partial charge in [-0.1, -0.05) is 0 Å². The molecular weight excluding hydrogens is 322 g/mol. The number of hydrogen-bond acceptors (Lipinski definition) is 6. The number of thioether (sulfide) groups is 1. The van der Waals surface area contributed by atoms with Gasteiger partial charge < -0.3 is 15.0 Å². The summed E-state index contributed by atoms with van der Waals surface area (Å²) >= 11 is 1.32. The van der Waals surface area contributed by atoms with Gasteiger partial charge in [-0.05, 0) is 12.3 Å². The van der Waals surface area contributed by atoms with Gasteiger partial charge in [0.05, 0.1) is 23.0 Å². The van der Waals surface area contributed by atoms with E-state index in [4.69, 9.17) is 4.74 Å². The smallest absolute Gasteiger partial charge is 0.285 e. The fourth-order valence-electron chi connectivity index (χ4n) is 1.80. The van der Waals surface area contributed by atoms with Crippen molar-refractivity contribution in [2.45, 2.75) is 11.3 Å². The van der Waals surface area contributed by atoms with E-state index in [0.717, 1.165) is 0 Å². The number of amides is 2. The summed E-state index contributed by atoms with van der Waals surface area (Å²) in [7, 11) is 4.64. The zero-order chi connectivity index (χ0) is 17.6. The number of hydrogen-bond donors (Lipinski definition) is 1. The third kappa shape index (κ3) is 4.85. The minimum absolute atomic E-state index is 0.0579. The molecule has 0 atom stereocenters. The number of ether oxygens (including phenoxy) is 1. The second-order valence-corrected chi connectivity index (χ2v) is 5.62. The first-order chi connectivity index (χ1) is 10.8. The number of methoxy groups -OCH3 is 1. The molecule has 0 aliphatic rings. The Kier molecular flexibility index (Phi) is 6.83. The average molecular weight is 341 g/mol. The number of nitrogens with zero attached hydrogens (tertiary/aromatic N) is 2. The van der Waals surface area contributed by atoms with E-state index in [1.54, 1.807) is 20.4 Å². The van der Waals surface area contributed by atoms with Gasteiger partial charge in [-0.25, -0.2) is 0 Å². The van der Waals surface area contributed by atoms with Crippen molar-refractivity contribution in [3.8, 4) is 5.75 Å². The predicted octanol–water partition coefficient (Wildman–Crippen LogP) is 1.53. The fraction of sp³-hybridized carbons (Fsp3) is 0.429. The number of benzene rings is 1. The van der Waals surface area contributed by atoms with Crippen molar-refractivity contribution >= 4 is 29.3 Å². The lowest BCUT2D eigenvalue weighted by atomic mass is 10.1. The second-order valence-electron chi connectivity index (χ2n) is 4.78. The highest BCUT2D eigenvalue weighted by atomic mass is 32.2. The molecular formula is C14H19N3O5S. The molecule has 1 aromatic rings. The van der Waals surface area contributed by atoms with Gasteiger partial charge in [0, 0.05) is 27.1 Å². The highest BCUT2D eigenvalue weighted by molar-refractivity contribution is 7.98. The van der Waals surface area contributed by atoms with Gasteiger partial charge in [0.2, 0.25) is 5.91 Å². The first-order valence-electron chi connectivity index (χ1n) is 6.70. The molecule has 0 saturated carbocycles. The van der Waals surface area contributed by atoms with Crippen LogP contribution in [0.2, 0.25) is 0 Å². The summed E-state index contributed by atoms with van der Waals surface area (Å²) in [4.78, 5) is 36.2. The molecule has 23 heavy (non-hydrogen) atoms. The molecule has 1 N–H and O–H groups in total. The van der Waals surface area contributed by atoms with Crippen molar-refractivity contribution in [2.24, 2.45) is 0 Å². The third-order valence-corrected chi connectivity index (χ3v) is 3.83. The summed E-state index contributed by atoms with van der Waals surface area (Å²) in [5.41, 5.74) is -0.395. The molecule has 2 amide bonds. The Bertz CT molecular complexity index is 619. The zero-order valence-corrected chi connectivity index (χ0v) is 14.2. The van der Waals surface area contributed by atoms with Crippen molar-refractivity contribution in [3.63, 3.8) is 0 Å². The molecule has 8 nitrogen and oxygen atoms in total. The number of rotatable bonds is 7. The van der Waals surface area contributed by atoms with Crippen molar-refractivity contribution in [1.82, 2.24) is 10.2 Å². The number of carbonyl (C=O) groups is 2. The standard InChI is InChI=1S/C14H19N3O5S/c1-16(2)13(18)5-6-15-14(19)9-7-12(23-4)11(22-3)8-10(9)17(20)21/h7-8H,5-6H2,1-4H3,(H,15,19). The van der Waals surface area contributed by atoms with E-state index in [1.165, 1.54) is 35.9 Å². The van der Waals surface area contributed by atoms with E-state index in [9.17, 15) is 19.7 Å². The monoisotopic (exact) mass is 341 g/mol. The van der Waals surface area contributed by atoms with E-state index in [0.29, 0.717) is 10.6 Å². The average Bonchev–Trinajstić information content (AvgIpc) is 2.52. The van der Waals surface area contributed by atoms with Crippen LogP contribution in [0.1, 0.15) is 16.8 Å². The van der Waals surface area contributed by atoms with Crippen LogP contribution in [0, 0.1) is 10.1 Å². The van der Waals surface area contributed by atoms with Crippen LogP contribution in [0.4, 0.5) is 5.69 Å². The molecule has 0 saturated heterocycles. The summed E-state index contributed by atoms with van der Waals surface area (Å²) in [6.07, 6.45) is 1.90. The second kappa shape index (κ2) is 8.37. The summed E-state index contributed by atoms with van der Waals surface area (Å²) in [5.74, 6) is -0.399. The Morgan fingerprint density at radius 2 is 2.04 bits per heavy atom. The Morgan fingerprint density at radius 3 is 2.52 bits per heavy atom. The van der Waals surface area contributed by atoms with Crippen molar-refractivity contribution < 1.29 is 19.2 Å². The Morgan fingerprint density at radius 1 is 1.39 bits per heavy atom. The van der Waals surface area contributed by atoms with E-state index < -0.39 is 10.8 Å². The quantitative estimate of drug-likeness (QED) is 0.458. The first kappa shape index (κ1) is 18.8. The van der Waals surface area contributed by atoms with Gasteiger partial charge in [0.25, 0.3) is 11.6 Å². The van der Waals surface area contributed by atoms with E-state index in [2.05, 4.69) is 5.32 Å². The summed E-state index contributed by atoms with van der Waals surface area (Å²) in [5, 5.41) is 13.7. The lowest BCUT2D eigenvalue weighted by molar-refractivity contribution is -0.385. The van der Waals surface area contributed by atoms with Crippen LogP contribution in [0.15, 0.2) is 17.0 Å². The molecule has 126 valence electrons. The van der Waals surface area contributed by atoms with Crippen molar-refractivity contribution in [3.05, 3.63) is 27.8 Å². The van der Waals surface area contributed by atoms with Gasteiger partial charge in [-0.3, -0.25) is 19.7 Å². The maximum Gasteiger partial charge on any atom is 0.285 e. The zero-order valence-electron chi connectivity index (χ0n) is 13.4. The van der Waals surface area contributed by atoms with Gasteiger partial charge >= 0.3 is 0 Å². The van der Waals surface area contributed by atoms with Crippen LogP contribution in [-0.4, -0.2) is 55.6 Å². The number of nitro benzene ring substituents is 1. The number of nitrogens with one attached hydrogen (secondary N) is 1. The van der Waals surface area contributed by atoms with Gasteiger partial charge in [0.1, 0.15) is 11.3 Å². The summed E-state index contributed by atoms with van der Waals surface area (Å²) in [6, 6.07) is 2.65. The summed E-state index contributed by atoms with van der Waals surface area (Å²) < 4.78 is 5.09. The first-order valence-corrected chi connectivity index (χ1v) is 7.93. The largest absolute Gasteiger partial charge is 0.495 e. The molecule has 1 rings (SSSR count). The summed E-state index contributed by atoms with van der Waals surface area (Å²) in [6.45, 7) is 0.105. The molecule has 0 spiro atoms. The van der Waals surface area contributed by atoms with Crippen LogP contribution < -0.4 is 10.1 Å². The molecule has 9 heteroatoms. The topological polar surface area (TPSA) is 102 Å². The number of nitro groups is 1. The predicted molar refractivity (Wildman–Crippen MR) is 87.1 cm³/mol. The SMILES string of the molecule is COc1cc([N+](=O)[O-])c(C(=O)NCCC(=O)N(C)C)cc1SC. The molecule has 0 aliphatic carbocycles. The maximum atomic E-state index is 12.2. The molecule has 0 aromatic heterocycles.